The standard InChI is InChI=1S/C21H30N4O5/c1-5-22-17(26)13-25(6-2)12-16-18(20(27)30-7-3)19(24-21(28)23-16)14-8-10-15(29-4)11-9-14/h8-11,19H,5-7,12-13H2,1-4H3,(H,22,26)(H2,23,24,28)/p+1/t19-/m1/s1. The average Bonchev–Trinajstić information content (AvgIpc) is 2.73. The summed E-state index contributed by atoms with van der Waals surface area (Å²) in [5, 5.41) is 8.33. The van der Waals surface area contributed by atoms with E-state index in [1.807, 2.05) is 13.8 Å². The molecule has 0 radical (unpaired) electrons. The summed E-state index contributed by atoms with van der Waals surface area (Å²) in [4.78, 5) is 38.2. The van der Waals surface area contributed by atoms with Crippen LogP contribution in [-0.2, 0) is 14.3 Å². The van der Waals surface area contributed by atoms with Gasteiger partial charge in [-0.25, -0.2) is 9.59 Å². The first-order valence-corrected chi connectivity index (χ1v) is 10.1. The number of esters is 1. The summed E-state index contributed by atoms with van der Waals surface area (Å²) in [5.74, 6) is 0.0818. The highest BCUT2D eigenvalue weighted by Gasteiger charge is 2.35. The molecule has 2 rings (SSSR count). The summed E-state index contributed by atoms with van der Waals surface area (Å²) in [6, 6.07) is 6.06. The minimum atomic E-state index is -0.665. The molecule has 1 heterocycles. The maximum absolute atomic E-state index is 12.8. The van der Waals surface area contributed by atoms with E-state index in [1.165, 1.54) is 0 Å². The molecule has 0 saturated heterocycles. The van der Waals surface area contributed by atoms with Crippen LogP contribution >= 0.6 is 0 Å². The van der Waals surface area contributed by atoms with Gasteiger partial charge in [0.1, 0.15) is 12.3 Å². The maximum atomic E-state index is 12.8. The second-order valence-corrected chi connectivity index (χ2v) is 6.83. The van der Waals surface area contributed by atoms with Crippen molar-refractivity contribution in [2.75, 3.05) is 39.9 Å². The van der Waals surface area contributed by atoms with Crippen molar-refractivity contribution >= 4 is 17.9 Å². The summed E-state index contributed by atoms with van der Waals surface area (Å²) in [6.45, 7) is 7.49. The summed E-state index contributed by atoms with van der Waals surface area (Å²) in [7, 11) is 1.57. The third kappa shape index (κ3) is 5.96. The smallest absolute Gasteiger partial charge is 0.338 e. The Morgan fingerprint density at radius 3 is 2.43 bits per heavy atom. The number of nitrogens with one attached hydrogen (secondary N) is 4. The molecular formula is C21H31N4O5+. The monoisotopic (exact) mass is 419 g/mol. The number of hydrogen-bond donors (Lipinski definition) is 4. The van der Waals surface area contributed by atoms with Gasteiger partial charge in [0.25, 0.3) is 5.91 Å². The number of benzene rings is 1. The molecule has 0 aromatic heterocycles. The molecule has 1 aliphatic heterocycles. The van der Waals surface area contributed by atoms with Crippen molar-refractivity contribution in [2.24, 2.45) is 0 Å². The number of methoxy groups -OCH3 is 1. The number of carbonyl (C=O) groups is 3. The predicted molar refractivity (Wildman–Crippen MR) is 111 cm³/mol. The van der Waals surface area contributed by atoms with Crippen molar-refractivity contribution in [1.82, 2.24) is 16.0 Å². The normalized spacial score (nSPS) is 16.9. The Morgan fingerprint density at radius 1 is 1.17 bits per heavy atom. The van der Waals surface area contributed by atoms with E-state index in [2.05, 4.69) is 16.0 Å². The van der Waals surface area contributed by atoms with Crippen LogP contribution in [0.2, 0.25) is 0 Å². The van der Waals surface area contributed by atoms with Crippen molar-refractivity contribution < 1.29 is 28.8 Å². The Labute approximate surface area is 176 Å². The molecule has 1 aromatic rings. The molecule has 1 aromatic carbocycles. The number of amides is 3. The molecule has 0 fully saturated rings. The summed E-state index contributed by atoms with van der Waals surface area (Å²) in [6.07, 6.45) is 0. The number of hydrogen-bond acceptors (Lipinski definition) is 5. The van der Waals surface area contributed by atoms with E-state index in [0.29, 0.717) is 36.7 Å². The van der Waals surface area contributed by atoms with Gasteiger partial charge in [0.05, 0.1) is 37.6 Å². The Morgan fingerprint density at radius 2 is 1.87 bits per heavy atom. The van der Waals surface area contributed by atoms with E-state index < -0.39 is 18.0 Å². The zero-order valence-electron chi connectivity index (χ0n) is 18.0. The van der Waals surface area contributed by atoms with Crippen molar-refractivity contribution in [2.45, 2.75) is 26.8 Å². The molecule has 30 heavy (non-hydrogen) atoms. The van der Waals surface area contributed by atoms with Gasteiger partial charge in [0.15, 0.2) is 6.54 Å². The van der Waals surface area contributed by atoms with Crippen LogP contribution in [0.15, 0.2) is 35.5 Å². The third-order valence-corrected chi connectivity index (χ3v) is 4.81. The van der Waals surface area contributed by atoms with Gasteiger partial charge in [-0.3, -0.25) is 4.79 Å². The molecule has 0 spiro atoms. The van der Waals surface area contributed by atoms with Gasteiger partial charge in [-0.2, -0.15) is 0 Å². The fraction of sp³-hybridized carbons (Fsp3) is 0.476. The van der Waals surface area contributed by atoms with Gasteiger partial charge in [-0.1, -0.05) is 12.1 Å². The molecule has 0 saturated carbocycles. The lowest BCUT2D eigenvalue weighted by Gasteiger charge is -2.30. The second-order valence-electron chi connectivity index (χ2n) is 6.83. The zero-order valence-corrected chi connectivity index (χ0v) is 18.0. The van der Waals surface area contributed by atoms with Crippen molar-refractivity contribution in [3.8, 4) is 5.75 Å². The fourth-order valence-electron chi connectivity index (χ4n) is 3.30. The molecular weight excluding hydrogens is 388 g/mol. The third-order valence-electron chi connectivity index (χ3n) is 4.81. The van der Waals surface area contributed by atoms with Crippen LogP contribution in [0.25, 0.3) is 0 Å². The van der Waals surface area contributed by atoms with E-state index in [0.717, 1.165) is 10.5 Å². The van der Waals surface area contributed by atoms with Gasteiger partial charge in [-0.05, 0) is 38.5 Å². The second kappa shape index (κ2) is 11.2. The molecule has 9 heteroatoms. The molecule has 1 aliphatic rings. The van der Waals surface area contributed by atoms with Gasteiger partial charge in [0, 0.05) is 6.54 Å². The lowest BCUT2D eigenvalue weighted by atomic mass is 9.95. The Hall–Kier alpha value is -3.07. The SMILES string of the molecule is CCNC(=O)C[NH+](CC)CC1=C(C(=O)OCC)[C@@H](c2ccc(OC)cc2)NC(=O)N1. The molecule has 9 nitrogen and oxygen atoms in total. The lowest BCUT2D eigenvalue weighted by molar-refractivity contribution is -0.885. The molecule has 164 valence electrons. The van der Waals surface area contributed by atoms with Crippen LogP contribution in [-0.4, -0.2) is 57.8 Å². The van der Waals surface area contributed by atoms with Gasteiger partial charge < -0.3 is 30.3 Å². The first-order valence-electron chi connectivity index (χ1n) is 10.1. The number of ether oxygens (including phenoxy) is 2. The van der Waals surface area contributed by atoms with E-state index in [1.54, 1.807) is 38.3 Å². The zero-order chi connectivity index (χ0) is 22.1. The van der Waals surface area contributed by atoms with Gasteiger partial charge in [0.2, 0.25) is 0 Å². The minimum Gasteiger partial charge on any atom is -0.497 e. The fourth-order valence-corrected chi connectivity index (χ4v) is 3.30. The summed E-state index contributed by atoms with van der Waals surface area (Å²) >= 11 is 0. The van der Waals surface area contributed by atoms with Crippen LogP contribution in [0.1, 0.15) is 32.4 Å². The number of quaternary nitrogens is 1. The highest BCUT2D eigenvalue weighted by atomic mass is 16.5. The molecule has 0 aliphatic carbocycles. The Balaban J connectivity index is 2.41. The van der Waals surface area contributed by atoms with Crippen LogP contribution in [0, 0.1) is 0 Å². The van der Waals surface area contributed by atoms with E-state index >= 15 is 0 Å². The van der Waals surface area contributed by atoms with Crippen LogP contribution in [0.3, 0.4) is 0 Å². The number of urea groups is 1. The van der Waals surface area contributed by atoms with Crippen molar-refractivity contribution in [3.63, 3.8) is 0 Å². The first kappa shape index (κ1) is 23.2. The van der Waals surface area contributed by atoms with Crippen molar-refractivity contribution in [1.29, 1.82) is 0 Å². The highest BCUT2D eigenvalue weighted by molar-refractivity contribution is 5.95. The van der Waals surface area contributed by atoms with Gasteiger partial charge in [-0.15, -0.1) is 0 Å². The molecule has 2 atom stereocenters. The Bertz CT molecular complexity index is 791. The minimum absolute atomic E-state index is 0.0837. The number of carbonyl (C=O) groups excluding carboxylic acids is 3. The number of rotatable bonds is 10. The van der Waals surface area contributed by atoms with E-state index in [-0.39, 0.29) is 19.1 Å². The van der Waals surface area contributed by atoms with Crippen LogP contribution in [0.4, 0.5) is 4.79 Å². The van der Waals surface area contributed by atoms with Gasteiger partial charge >= 0.3 is 12.0 Å². The Kier molecular flexibility index (Phi) is 8.67. The lowest BCUT2D eigenvalue weighted by Crippen LogP contribution is -3.13. The highest BCUT2D eigenvalue weighted by Crippen LogP contribution is 2.28. The topological polar surface area (TPSA) is 110 Å². The summed E-state index contributed by atoms with van der Waals surface area (Å²) in [5.41, 5.74) is 1.52. The average molecular weight is 420 g/mol. The largest absolute Gasteiger partial charge is 0.497 e. The van der Waals surface area contributed by atoms with E-state index in [4.69, 9.17) is 9.47 Å². The van der Waals surface area contributed by atoms with Crippen LogP contribution < -0.4 is 25.6 Å². The molecule has 1 unspecified atom stereocenters. The molecule has 3 amide bonds. The van der Waals surface area contributed by atoms with Crippen molar-refractivity contribution in [3.05, 3.63) is 41.1 Å². The maximum Gasteiger partial charge on any atom is 0.338 e. The number of likely N-dealkylation sites (N-methyl/N-ethyl adjacent to an activating group) is 2. The quantitative estimate of drug-likeness (QED) is 0.396. The first-order chi connectivity index (χ1) is 14.4. The predicted octanol–water partition coefficient (Wildman–Crippen LogP) is -0.0928. The van der Waals surface area contributed by atoms with Crippen LogP contribution in [0.5, 0.6) is 5.75 Å². The summed E-state index contributed by atoms with van der Waals surface area (Å²) < 4.78 is 10.5. The molecule has 0 bridgehead atoms. The van der Waals surface area contributed by atoms with E-state index in [9.17, 15) is 14.4 Å². The molecule has 4 N–H and O–H groups in total.